The second kappa shape index (κ2) is 3.45. The number of hydrogen-bond acceptors (Lipinski definition) is 3. The Morgan fingerprint density at radius 3 is 2.38 bits per heavy atom. The summed E-state index contributed by atoms with van der Waals surface area (Å²) < 4.78 is 57.6. The van der Waals surface area contributed by atoms with Gasteiger partial charge in [-0.3, -0.25) is 0 Å². The van der Waals surface area contributed by atoms with Gasteiger partial charge in [-0.2, -0.15) is 13.2 Å². The summed E-state index contributed by atoms with van der Waals surface area (Å²) in [6.45, 7) is 0.611. The van der Waals surface area contributed by atoms with Crippen molar-refractivity contribution in [1.29, 1.82) is 0 Å². The highest BCUT2D eigenvalue weighted by Crippen LogP contribution is 2.21. The van der Waals surface area contributed by atoms with Gasteiger partial charge in [0.15, 0.2) is 9.84 Å². The summed E-state index contributed by atoms with van der Waals surface area (Å²) >= 11 is 0. The van der Waals surface area contributed by atoms with E-state index in [1.165, 1.54) is 0 Å². The molecule has 3 nitrogen and oxygen atoms in total. The molecule has 13 heavy (non-hydrogen) atoms. The second-order valence-corrected chi connectivity index (χ2v) is 5.32. The van der Waals surface area contributed by atoms with E-state index < -0.39 is 27.0 Å². The predicted molar refractivity (Wildman–Crippen MR) is 41.1 cm³/mol. The van der Waals surface area contributed by atoms with E-state index in [-0.39, 0.29) is 13.0 Å². The van der Waals surface area contributed by atoms with Crippen LogP contribution in [0.4, 0.5) is 13.2 Å². The quantitative estimate of drug-likeness (QED) is 0.724. The van der Waals surface area contributed by atoms with Crippen molar-refractivity contribution in [3.05, 3.63) is 0 Å². The van der Waals surface area contributed by atoms with Crippen LogP contribution in [0.5, 0.6) is 0 Å². The van der Waals surface area contributed by atoms with Crippen molar-refractivity contribution >= 4 is 9.84 Å². The van der Waals surface area contributed by atoms with Crippen molar-refractivity contribution in [1.82, 2.24) is 5.32 Å². The van der Waals surface area contributed by atoms with E-state index in [0.717, 1.165) is 0 Å². The molecule has 0 bridgehead atoms. The number of rotatable bonds is 2. The maximum absolute atomic E-state index is 11.8. The van der Waals surface area contributed by atoms with Crippen molar-refractivity contribution in [2.75, 3.05) is 18.8 Å². The van der Waals surface area contributed by atoms with Gasteiger partial charge in [0.1, 0.15) is 5.75 Å². The van der Waals surface area contributed by atoms with Crippen LogP contribution in [-0.4, -0.2) is 38.7 Å². The first kappa shape index (κ1) is 10.8. The molecule has 1 heterocycles. The summed E-state index contributed by atoms with van der Waals surface area (Å²) in [5.74, 6) is -1.70. The lowest BCUT2D eigenvalue weighted by Crippen LogP contribution is -2.32. The molecule has 0 amide bonds. The third-order valence-electron chi connectivity index (χ3n) is 1.89. The summed E-state index contributed by atoms with van der Waals surface area (Å²) in [5, 5.41) is 1.85. The van der Waals surface area contributed by atoms with Crippen molar-refractivity contribution in [2.45, 2.75) is 17.8 Å². The molecule has 1 aliphatic rings. The molecule has 1 unspecified atom stereocenters. The van der Waals surface area contributed by atoms with E-state index in [9.17, 15) is 21.6 Å². The Labute approximate surface area is 74.2 Å². The van der Waals surface area contributed by atoms with E-state index in [4.69, 9.17) is 0 Å². The topological polar surface area (TPSA) is 46.2 Å². The third-order valence-corrected chi connectivity index (χ3v) is 4.04. The SMILES string of the molecule is O=S(=O)(CC(F)(F)F)C1CCNC1. The lowest BCUT2D eigenvalue weighted by molar-refractivity contribution is -0.106. The van der Waals surface area contributed by atoms with E-state index in [0.29, 0.717) is 6.54 Å². The lowest BCUT2D eigenvalue weighted by atomic mass is 10.4. The largest absolute Gasteiger partial charge is 0.402 e. The molecule has 0 aromatic carbocycles. The molecule has 1 aliphatic heterocycles. The van der Waals surface area contributed by atoms with E-state index in [1.807, 2.05) is 0 Å². The van der Waals surface area contributed by atoms with Crippen LogP contribution in [0, 0.1) is 0 Å². The molecule has 78 valence electrons. The van der Waals surface area contributed by atoms with Crippen LogP contribution in [0.25, 0.3) is 0 Å². The molecule has 0 aromatic heterocycles. The molecule has 0 saturated carbocycles. The number of alkyl halides is 3. The highest BCUT2D eigenvalue weighted by Gasteiger charge is 2.40. The second-order valence-electron chi connectivity index (χ2n) is 3.04. The Kier molecular flexibility index (Phi) is 2.86. The van der Waals surface area contributed by atoms with Gasteiger partial charge in [-0.25, -0.2) is 8.42 Å². The molecule has 0 radical (unpaired) electrons. The minimum atomic E-state index is -4.62. The average Bonchev–Trinajstić information content (AvgIpc) is 2.29. The van der Waals surface area contributed by atoms with Gasteiger partial charge in [-0.1, -0.05) is 0 Å². The number of sulfone groups is 1. The lowest BCUT2D eigenvalue weighted by Gasteiger charge is -2.11. The van der Waals surface area contributed by atoms with Crippen LogP contribution in [0.3, 0.4) is 0 Å². The minimum absolute atomic E-state index is 0.137. The van der Waals surface area contributed by atoms with Crippen molar-refractivity contribution in [2.24, 2.45) is 0 Å². The van der Waals surface area contributed by atoms with Crippen LogP contribution in [0.2, 0.25) is 0 Å². The van der Waals surface area contributed by atoms with Crippen LogP contribution in [0.1, 0.15) is 6.42 Å². The Bertz CT molecular complexity index is 266. The Morgan fingerprint density at radius 2 is 2.00 bits per heavy atom. The first-order chi connectivity index (χ1) is 5.81. The highest BCUT2D eigenvalue weighted by atomic mass is 32.2. The molecule has 1 N–H and O–H groups in total. The first-order valence-electron chi connectivity index (χ1n) is 3.80. The molecule has 1 saturated heterocycles. The number of hydrogen-bond donors (Lipinski definition) is 1. The summed E-state index contributed by atoms with van der Waals surface area (Å²) in [4.78, 5) is 0. The maximum Gasteiger partial charge on any atom is 0.402 e. The molecule has 0 spiro atoms. The zero-order valence-corrected chi connectivity index (χ0v) is 7.58. The fourth-order valence-corrected chi connectivity index (χ4v) is 2.82. The number of halogens is 3. The van der Waals surface area contributed by atoms with Crippen LogP contribution >= 0.6 is 0 Å². The number of nitrogens with one attached hydrogen (secondary N) is 1. The van der Waals surface area contributed by atoms with Gasteiger partial charge in [0.2, 0.25) is 0 Å². The van der Waals surface area contributed by atoms with Gasteiger partial charge in [-0.05, 0) is 13.0 Å². The van der Waals surface area contributed by atoms with Crippen LogP contribution < -0.4 is 5.32 Å². The molecular formula is C6H10F3NO2S. The molecule has 1 atom stereocenters. The first-order valence-corrected chi connectivity index (χ1v) is 5.52. The van der Waals surface area contributed by atoms with Crippen LogP contribution in [-0.2, 0) is 9.84 Å². The Hall–Kier alpha value is -0.300. The molecule has 7 heteroatoms. The molecule has 1 fully saturated rings. The maximum atomic E-state index is 11.8. The van der Waals surface area contributed by atoms with E-state index >= 15 is 0 Å². The normalized spacial score (nSPS) is 25.0. The molecule has 1 rings (SSSR count). The van der Waals surface area contributed by atoms with E-state index in [1.54, 1.807) is 0 Å². The van der Waals surface area contributed by atoms with Gasteiger partial charge in [0, 0.05) is 6.54 Å². The van der Waals surface area contributed by atoms with Crippen molar-refractivity contribution < 1.29 is 21.6 Å². The van der Waals surface area contributed by atoms with Crippen molar-refractivity contribution in [3.8, 4) is 0 Å². The zero-order chi connectivity index (χ0) is 10.1. The van der Waals surface area contributed by atoms with Crippen molar-refractivity contribution in [3.63, 3.8) is 0 Å². The predicted octanol–water partition coefficient (Wildman–Crippen LogP) is 0.325. The van der Waals surface area contributed by atoms with E-state index in [2.05, 4.69) is 5.32 Å². The Morgan fingerprint density at radius 1 is 1.38 bits per heavy atom. The summed E-state index contributed by atoms with van der Waals surface area (Å²) in [6, 6.07) is 0. The standard InChI is InChI=1S/C6H10F3NO2S/c7-6(8,9)4-13(11,12)5-1-2-10-3-5/h5,10H,1-4H2. The third kappa shape index (κ3) is 3.15. The van der Waals surface area contributed by atoms with Gasteiger partial charge in [0.25, 0.3) is 0 Å². The van der Waals surface area contributed by atoms with Gasteiger partial charge >= 0.3 is 6.18 Å². The zero-order valence-electron chi connectivity index (χ0n) is 6.76. The van der Waals surface area contributed by atoms with Gasteiger partial charge in [-0.15, -0.1) is 0 Å². The molecule has 0 aromatic rings. The molecular weight excluding hydrogens is 207 g/mol. The fraction of sp³-hybridized carbons (Fsp3) is 1.00. The summed E-state index contributed by atoms with van der Waals surface area (Å²) in [6.07, 6.45) is -4.35. The van der Waals surface area contributed by atoms with Gasteiger partial charge < -0.3 is 5.32 Å². The smallest absolute Gasteiger partial charge is 0.315 e. The van der Waals surface area contributed by atoms with Crippen LogP contribution in [0.15, 0.2) is 0 Å². The highest BCUT2D eigenvalue weighted by molar-refractivity contribution is 7.92. The molecule has 0 aliphatic carbocycles. The summed E-state index contributed by atoms with van der Waals surface area (Å²) in [7, 11) is -4.01. The average molecular weight is 217 g/mol. The Balaban J connectivity index is 2.66. The fourth-order valence-electron chi connectivity index (χ4n) is 1.28. The summed E-state index contributed by atoms with van der Waals surface area (Å²) in [5.41, 5.74) is 0. The van der Waals surface area contributed by atoms with Gasteiger partial charge in [0.05, 0.1) is 5.25 Å². The minimum Gasteiger partial charge on any atom is -0.315 e. The monoisotopic (exact) mass is 217 g/mol.